The summed E-state index contributed by atoms with van der Waals surface area (Å²) in [6, 6.07) is 2.15. The summed E-state index contributed by atoms with van der Waals surface area (Å²) in [7, 11) is 7.02. The van der Waals surface area contributed by atoms with Gasteiger partial charge in [-0.05, 0) is 70.6 Å². The third-order valence-electron chi connectivity index (χ3n) is 7.53. The number of fused-ring (bicyclic) bond motifs is 3. The molecule has 3 aliphatic rings. The summed E-state index contributed by atoms with van der Waals surface area (Å²) in [5.74, 6) is -6.43. The van der Waals surface area contributed by atoms with Gasteiger partial charge in [-0.25, -0.2) is 0 Å². The molecule has 4 atom stereocenters. The highest BCUT2D eigenvalue weighted by molar-refractivity contribution is 6.24. The van der Waals surface area contributed by atoms with Crippen molar-refractivity contribution in [3.63, 3.8) is 0 Å². The second kappa shape index (κ2) is 8.47. The molecule has 35 heavy (non-hydrogen) atoms. The monoisotopic (exact) mass is 485 g/mol. The maximum absolute atomic E-state index is 13.8. The zero-order valence-electron chi connectivity index (χ0n) is 20.2. The van der Waals surface area contributed by atoms with Crippen molar-refractivity contribution >= 4 is 23.2 Å². The molecule has 4 unspecified atom stereocenters. The smallest absolute Gasteiger partial charge is 0.255 e. The number of aliphatic hydroxyl groups excluding tert-OH is 2. The molecule has 0 bridgehead atoms. The number of ketones is 2. The predicted octanol–water partition coefficient (Wildman–Crippen LogP) is 0.0681. The fraction of sp³-hybridized carbons (Fsp3) is 0.480. The molecule has 1 aromatic carbocycles. The van der Waals surface area contributed by atoms with Crippen molar-refractivity contribution in [1.82, 2.24) is 9.80 Å². The van der Waals surface area contributed by atoms with E-state index in [2.05, 4.69) is 0 Å². The summed E-state index contributed by atoms with van der Waals surface area (Å²) < 4.78 is 0. The second-order valence-corrected chi connectivity index (χ2v) is 10.1. The van der Waals surface area contributed by atoms with E-state index in [1.54, 1.807) is 20.2 Å². The topological polar surface area (TPSA) is 165 Å². The number of likely N-dealkylation sites (N-methyl/N-ethyl adjacent to an activating group) is 2. The van der Waals surface area contributed by atoms with Crippen LogP contribution >= 0.6 is 0 Å². The van der Waals surface area contributed by atoms with Crippen molar-refractivity contribution in [2.75, 3.05) is 34.7 Å². The van der Waals surface area contributed by atoms with Crippen LogP contribution in [0.2, 0.25) is 0 Å². The standard InChI is InChI=1S/C25H31N3O7/c1-27(2)8-7-11-5-6-15(29)17-13(11)9-12-10-14-19(28(3)4)21(31)18(24(26)34)23(33)25(14,35)22(32)16(12)20(17)30/h5-6,12,14,19,29-30,33,35H,7-10H2,1-4H3,(H2,26,34). The maximum Gasteiger partial charge on any atom is 0.255 e. The first-order valence-corrected chi connectivity index (χ1v) is 11.5. The van der Waals surface area contributed by atoms with Crippen LogP contribution in [0, 0.1) is 11.8 Å². The molecule has 188 valence electrons. The maximum atomic E-state index is 13.8. The molecular formula is C25H31N3O7. The number of amides is 1. The molecule has 1 amide bonds. The van der Waals surface area contributed by atoms with Gasteiger partial charge in [0.2, 0.25) is 5.78 Å². The van der Waals surface area contributed by atoms with Crippen LogP contribution < -0.4 is 5.73 Å². The molecule has 0 radical (unpaired) electrons. The van der Waals surface area contributed by atoms with E-state index in [4.69, 9.17) is 5.73 Å². The van der Waals surface area contributed by atoms with Gasteiger partial charge in [-0.3, -0.25) is 19.3 Å². The van der Waals surface area contributed by atoms with Gasteiger partial charge in [0.05, 0.1) is 11.6 Å². The number of Topliss-reactive ketones (excluding diaryl/α,β-unsaturated/α-hetero) is 2. The summed E-state index contributed by atoms with van der Waals surface area (Å²) in [5, 5.41) is 44.2. The van der Waals surface area contributed by atoms with E-state index in [9.17, 15) is 34.8 Å². The minimum absolute atomic E-state index is 0.0779. The van der Waals surface area contributed by atoms with Crippen LogP contribution in [0.15, 0.2) is 29.0 Å². The lowest BCUT2D eigenvalue weighted by Crippen LogP contribution is -2.65. The van der Waals surface area contributed by atoms with Crippen molar-refractivity contribution in [3.8, 4) is 5.75 Å². The van der Waals surface area contributed by atoms with Crippen molar-refractivity contribution in [3.05, 3.63) is 45.7 Å². The summed E-state index contributed by atoms with van der Waals surface area (Å²) in [5.41, 5.74) is 3.48. The van der Waals surface area contributed by atoms with Crippen molar-refractivity contribution in [2.45, 2.75) is 30.9 Å². The zero-order valence-corrected chi connectivity index (χ0v) is 20.2. The zero-order chi connectivity index (χ0) is 26.0. The molecule has 1 fully saturated rings. The summed E-state index contributed by atoms with van der Waals surface area (Å²) in [6.45, 7) is 0.728. The quantitative estimate of drug-likeness (QED) is 0.363. The average Bonchev–Trinajstić information content (AvgIpc) is 2.75. The van der Waals surface area contributed by atoms with Crippen LogP contribution in [-0.2, 0) is 27.2 Å². The van der Waals surface area contributed by atoms with Crippen LogP contribution in [0.25, 0.3) is 5.76 Å². The molecular weight excluding hydrogens is 454 g/mol. The molecule has 4 rings (SSSR count). The first kappa shape index (κ1) is 24.9. The van der Waals surface area contributed by atoms with Crippen molar-refractivity contribution < 1.29 is 34.8 Å². The molecule has 0 heterocycles. The Morgan fingerprint density at radius 3 is 2.37 bits per heavy atom. The Kier molecular flexibility index (Phi) is 6.03. The lowest BCUT2D eigenvalue weighted by molar-refractivity contribution is -0.153. The first-order chi connectivity index (χ1) is 16.3. The van der Waals surface area contributed by atoms with Gasteiger partial charge in [-0.2, -0.15) is 0 Å². The molecule has 1 saturated carbocycles. The number of hydrogen-bond donors (Lipinski definition) is 5. The van der Waals surface area contributed by atoms with Gasteiger partial charge in [0.1, 0.15) is 22.8 Å². The van der Waals surface area contributed by atoms with Crippen LogP contribution in [-0.4, -0.2) is 94.1 Å². The van der Waals surface area contributed by atoms with E-state index in [1.165, 1.54) is 11.0 Å². The van der Waals surface area contributed by atoms with E-state index >= 15 is 0 Å². The van der Waals surface area contributed by atoms with Gasteiger partial charge in [-0.15, -0.1) is 0 Å². The Morgan fingerprint density at radius 1 is 1.14 bits per heavy atom. The fourth-order valence-corrected chi connectivity index (χ4v) is 5.89. The highest BCUT2D eigenvalue weighted by Gasteiger charge is 2.64. The molecule has 0 spiro atoms. The number of hydrogen-bond acceptors (Lipinski definition) is 9. The Balaban J connectivity index is 1.92. The SMILES string of the molecule is CN(C)CCc1ccc(O)c2c1CC1CC3C(N(C)C)C(=O)C(C(N)=O)=C(O)C3(O)C(=O)C1=C2O. The summed E-state index contributed by atoms with van der Waals surface area (Å²) in [6.07, 6.45) is 1.02. The molecule has 3 aliphatic carbocycles. The van der Waals surface area contributed by atoms with Crippen molar-refractivity contribution in [1.29, 1.82) is 0 Å². The predicted molar refractivity (Wildman–Crippen MR) is 127 cm³/mol. The Morgan fingerprint density at radius 2 is 1.80 bits per heavy atom. The van der Waals surface area contributed by atoms with E-state index in [-0.39, 0.29) is 23.3 Å². The highest BCUT2D eigenvalue weighted by Crippen LogP contribution is 2.52. The van der Waals surface area contributed by atoms with E-state index in [0.717, 1.165) is 12.1 Å². The average molecular weight is 486 g/mol. The number of carbonyl (C=O) groups excluding carboxylic acids is 3. The lowest BCUT2D eigenvalue weighted by Gasteiger charge is -2.50. The van der Waals surface area contributed by atoms with Gasteiger partial charge in [0.15, 0.2) is 11.4 Å². The van der Waals surface area contributed by atoms with Gasteiger partial charge in [0, 0.05) is 18.0 Å². The highest BCUT2D eigenvalue weighted by atomic mass is 16.3. The number of carbonyl (C=O) groups is 3. The van der Waals surface area contributed by atoms with E-state index in [0.29, 0.717) is 18.4 Å². The number of aromatic hydroxyl groups is 1. The molecule has 0 aliphatic heterocycles. The minimum atomic E-state index is -2.62. The molecule has 0 aromatic heterocycles. The van der Waals surface area contributed by atoms with Crippen LogP contribution in [0.5, 0.6) is 5.75 Å². The molecule has 1 aromatic rings. The minimum Gasteiger partial charge on any atom is -0.508 e. The number of rotatable bonds is 5. The van der Waals surface area contributed by atoms with E-state index < -0.39 is 58.0 Å². The number of nitrogens with zero attached hydrogens (tertiary/aromatic N) is 2. The lowest BCUT2D eigenvalue weighted by atomic mass is 9.57. The largest absolute Gasteiger partial charge is 0.508 e. The number of nitrogens with two attached hydrogens (primary N) is 1. The Labute approximate surface area is 202 Å². The normalized spacial score (nSPS) is 28.4. The molecule has 0 saturated heterocycles. The number of phenols is 1. The fourth-order valence-electron chi connectivity index (χ4n) is 5.89. The third-order valence-corrected chi connectivity index (χ3v) is 7.53. The van der Waals surface area contributed by atoms with Gasteiger partial charge in [-0.1, -0.05) is 6.07 Å². The summed E-state index contributed by atoms with van der Waals surface area (Å²) in [4.78, 5) is 42.4. The molecule has 10 nitrogen and oxygen atoms in total. The Hall–Kier alpha value is -3.21. The van der Waals surface area contributed by atoms with E-state index in [1.807, 2.05) is 19.0 Å². The molecule has 10 heteroatoms. The summed E-state index contributed by atoms with van der Waals surface area (Å²) >= 11 is 0. The van der Waals surface area contributed by atoms with Gasteiger partial charge >= 0.3 is 0 Å². The van der Waals surface area contributed by atoms with Crippen LogP contribution in [0.3, 0.4) is 0 Å². The number of primary amides is 1. The Bertz CT molecular complexity index is 1200. The number of aliphatic hydroxyl groups is 3. The molecule has 6 N–H and O–H groups in total. The van der Waals surface area contributed by atoms with Crippen LogP contribution in [0.4, 0.5) is 0 Å². The first-order valence-electron chi connectivity index (χ1n) is 11.5. The van der Waals surface area contributed by atoms with Crippen molar-refractivity contribution in [2.24, 2.45) is 17.6 Å². The second-order valence-electron chi connectivity index (χ2n) is 10.1. The van der Waals surface area contributed by atoms with Gasteiger partial charge in [0.25, 0.3) is 5.91 Å². The van der Waals surface area contributed by atoms with Crippen LogP contribution in [0.1, 0.15) is 23.1 Å². The third kappa shape index (κ3) is 3.55. The number of benzene rings is 1. The van der Waals surface area contributed by atoms with Gasteiger partial charge < -0.3 is 31.1 Å². The number of phenolic OH excluding ortho intramolecular Hbond substituents is 1.